The van der Waals surface area contributed by atoms with Gasteiger partial charge in [-0.2, -0.15) is 5.26 Å². The lowest BCUT2D eigenvalue weighted by Crippen LogP contribution is -2.42. The van der Waals surface area contributed by atoms with Crippen LogP contribution >= 0.6 is 0 Å². The third-order valence-electron chi connectivity index (χ3n) is 5.08. The van der Waals surface area contributed by atoms with Gasteiger partial charge in [0.2, 0.25) is 10.0 Å². The summed E-state index contributed by atoms with van der Waals surface area (Å²) in [5, 5.41) is 11.9. The molecule has 1 aliphatic rings. The van der Waals surface area contributed by atoms with Crippen molar-refractivity contribution >= 4 is 21.6 Å². The highest BCUT2D eigenvalue weighted by Crippen LogP contribution is 2.31. The summed E-state index contributed by atoms with van der Waals surface area (Å²) in [6.45, 7) is 7.31. The van der Waals surface area contributed by atoms with E-state index in [2.05, 4.69) is 22.7 Å². The molecule has 0 fully saturated rings. The number of carbonyl (C=O) groups excluding carboxylic acids is 1. The molecule has 0 saturated heterocycles. The number of benzene rings is 1. The van der Waals surface area contributed by atoms with Gasteiger partial charge in [-0.1, -0.05) is 12.1 Å². The zero-order valence-corrected chi connectivity index (χ0v) is 16.9. The third-order valence-corrected chi connectivity index (χ3v) is 6.75. The Morgan fingerprint density at radius 2 is 2.18 bits per heavy atom. The highest BCUT2D eigenvalue weighted by molar-refractivity contribution is 7.89. The molecular formula is C20H22N4O3S. The molecule has 7 nitrogen and oxygen atoms in total. The smallest absolute Gasteiger partial charge is 0.272 e. The minimum atomic E-state index is -3.79. The van der Waals surface area contributed by atoms with Crippen molar-refractivity contribution in [2.45, 2.75) is 37.1 Å². The van der Waals surface area contributed by atoms with Crippen LogP contribution in [0.3, 0.4) is 0 Å². The quantitative estimate of drug-likeness (QED) is 0.776. The molecule has 0 saturated carbocycles. The molecule has 1 unspecified atom stereocenters. The number of carbonyl (C=O) groups is 1. The molecule has 3 rings (SSSR count). The van der Waals surface area contributed by atoms with Gasteiger partial charge in [-0.05, 0) is 44.4 Å². The predicted octanol–water partition coefficient (Wildman–Crippen LogP) is 2.63. The van der Waals surface area contributed by atoms with Gasteiger partial charge in [0.25, 0.3) is 5.91 Å². The van der Waals surface area contributed by atoms with Crippen LogP contribution in [-0.2, 0) is 23.5 Å². The first kappa shape index (κ1) is 19.9. The first-order valence-electron chi connectivity index (χ1n) is 8.78. The van der Waals surface area contributed by atoms with Crippen LogP contribution in [-0.4, -0.2) is 24.4 Å². The van der Waals surface area contributed by atoms with Crippen LogP contribution < -0.4 is 10.0 Å². The summed E-state index contributed by atoms with van der Waals surface area (Å²) in [6.07, 6.45) is 3.92. The van der Waals surface area contributed by atoms with Crippen LogP contribution in [0, 0.1) is 18.3 Å². The Hall–Kier alpha value is -2.89. The highest BCUT2D eigenvalue weighted by Gasteiger charge is 2.36. The first-order chi connectivity index (χ1) is 13.1. The molecule has 8 heteroatoms. The molecule has 2 N–H and O–H groups in total. The van der Waals surface area contributed by atoms with E-state index >= 15 is 0 Å². The van der Waals surface area contributed by atoms with Crippen molar-refractivity contribution in [1.82, 2.24) is 9.29 Å². The SMILES string of the molecule is C=CC1(C)CCc2c(cn(C)c2C(=O)Nc2ccc(C)c(C#N)c2)S(=O)(=O)N1. The van der Waals surface area contributed by atoms with E-state index < -0.39 is 21.5 Å². The van der Waals surface area contributed by atoms with E-state index in [-0.39, 0.29) is 10.6 Å². The van der Waals surface area contributed by atoms with E-state index in [9.17, 15) is 18.5 Å². The minimum Gasteiger partial charge on any atom is -0.345 e. The maximum absolute atomic E-state index is 13.0. The molecule has 1 amide bonds. The fraction of sp³-hybridized carbons (Fsp3) is 0.300. The lowest BCUT2D eigenvalue weighted by molar-refractivity contribution is 0.101. The van der Waals surface area contributed by atoms with Gasteiger partial charge < -0.3 is 9.88 Å². The predicted molar refractivity (Wildman–Crippen MR) is 107 cm³/mol. The van der Waals surface area contributed by atoms with Crippen LogP contribution in [0.25, 0.3) is 0 Å². The molecule has 2 heterocycles. The molecule has 0 aliphatic carbocycles. The van der Waals surface area contributed by atoms with E-state index in [1.165, 1.54) is 10.8 Å². The summed E-state index contributed by atoms with van der Waals surface area (Å²) in [5.41, 5.74) is 1.74. The number of nitrogens with zero attached hydrogens (tertiary/aromatic N) is 2. The standard InChI is InChI=1S/C20H22N4O3S/c1-5-20(3)9-8-16-17(28(26,27)23-20)12-24(4)18(16)19(25)22-15-7-6-13(2)14(10-15)11-21/h5-7,10,12,23H,1,8-9H2,2-4H3,(H,22,25). The zero-order chi connectivity index (χ0) is 20.7. The zero-order valence-electron chi connectivity index (χ0n) is 16.0. The van der Waals surface area contributed by atoms with Gasteiger partial charge in [-0.25, -0.2) is 13.1 Å². The number of sulfonamides is 1. The summed E-state index contributed by atoms with van der Waals surface area (Å²) in [5.74, 6) is -0.422. The molecule has 2 aromatic rings. The number of aromatic nitrogens is 1. The van der Waals surface area contributed by atoms with Crippen LogP contribution in [0.15, 0.2) is 41.9 Å². The summed E-state index contributed by atoms with van der Waals surface area (Å²) >= 11 is 0. The van der Waals surface area contributed by atoms with Crippen LogP contribution in [0.5, 0.6) is 0 Å². The Kier molecular flexibility index (Phi) is 4.91. The number of fused-ring (bicyclic) bond motifs is 1. The number of nitriles is 1. The number of hydrogen-bond donors (Lipinski definition) is 2. The van der Waals surface area contributed by atoms with E-state index in [4.69, 9.17) is 0 Å². The van der Waals surface area contributed by atoms with Crippen molar-refractivity contribution in [3.8, 4) is 6.07 Å². The van der Waals surface area contributed by atoms with Crippen molar-refractivity contribution in [3.05, 3.63) is 59.4 Å². The molecule has 28 heavy (non-hydrogen) atoms. The topological polar surface area (TPSA) is 104 Å². The molecule has 0 radical (unpaired) electrons. The largest absolute Gasteiger partial charge is 0.345 e. The average Bonchev–Trinajstić information content (AvgIpc) is 2.94. The van der Waals surface area contributed by atoms with Gasteiger partial charge in [0.15, 0.2) is 0 Å². The van der Waals surface area contributed by atoms with Gasteiger partial charge in [-0.15, -0.1) is 6.58 Å². The van der Waals surface area contributed by atoms with Gasteiger partial charge in [0, 0.05) is 30.0 Å². The normalized spacial score (nSPS) is 20.5. The van der Waals surface area contributed by atoms with Gasteiger partial charge in [-0.3, -0.25) is 4.79 Å². The molecule has 0 spiro atoms. The summed E-state index contributed by atoms with van der Waals surface area (Å²) in [4.78, 5) is 13.1. The molecule has 1 atom stereocenters. The highest BCUT2D eigenvalue weighted by atomic mass is 32.2. The monoisotopic (exact) mass is 398 g/mol. The van der Waals surface area contributed by atoms with Gasteiger partial charge in [0.05, 0.1) is 11.6 Å². The molecule has 1 aromatic carbocycles. The van der Waals surface area contributed by atoms with E-state index in [1.807, 2.05) is 6.92 Å². The first-order valence-corrected chi connectivity index (χ1v) is 10.3. The lowest BCUT2D eigenvalue weighted by Gasteiger charge is -2.24. The maximum atomic E-state index is 13.0. The Bertz CT molecular complexity index is 1130. The van der Waals surface area contributed by atoms with Crippen LogP contribution in [0.2, 0.25) is 0 Å². The molecular weight excluding hydrogens is 376 g/mol. The Labute approximate surface area is 164 Å². The Morgan fingerprint density at radius 1 is 1.46 bits per heavy atom. The summed E-state index contributed by atoms with van der Waals surface area (Å²) in [7, 11) is -2.15. The lowest BCUT2D eigenvalue weighted by atomic mass is 9.94. The van der Waals surface area contributed by atoms with Crippen LogP contribution in [0.1, 0.15) is 40.5 Å². The number of rotatable bonds is 3. The molecule has 146 valence electrons. The average molecular weight is 398 g/mol. The van der Waals surface area contributed by atoms with Crippen molar-refractivity contribution in [1.29, 1.82) is 5.26 Å². The van der Waals surface area contributed by atoms with Gasteiger partial charge >= 0.3 is 0 Å². The molecule has 1 aliphatic heterocycles. The third kappa shape index (κ3) is 3.46. The molecule has 0 bridgehead atoms. The van der Waals surface area contributed by atoms with E-state index in [0.717, 1.165) is 5.56 Å². The van der Waals surface area contributed by atoms with E-state index in [1.54, 1.807) is 38.2 Å². The number of anilines is 1. The number of hydrogen-bond acceptors (Lipinski definition) is 4. The fourth-order valence-corrected chi connectivity index (χ4v) is 5.10. The van der Waals surface area contributed by atoms with E-state index in [0.29, 0.717) is 29.7 Å². The Morgan fingerprint density at radius 3 is 2.82 bits per heavy atom. The number of aryl methyl sites for hydroxylation is 2. The van der Waals surface area contributed by atoms with Crippen molar-refractivity contribution < 1.29 is 13.2 Å². The number of nitrogens with one attached hydrogen (secondary N) is 2. The Balaban J connectivity index is 2.01. The molecule has 1 aromatic heterocycles. The summed E-state index contributed by atoms with van der Waals surface area (Å²) < 4.78 is 29.8. The number of amides is 1. The maximum Gasteiger partial charge on any atom is 0.272 e. The van der Waals surface area contributed by atoms with Crippen molar-refractivity contribution in [2.75, 3.05) is 5.32 Å². The van der Waals surface area contributed by atoms with Gasteiger partial charge in [0.1, 0.15) is 10.6 Å². The van der Waals surface area contributed by atoms with Crippen molar-refractivity contribution in [3.63, 3.8) is 0 Å². The second-order valence-electron chi connectivity index (χ2n) is 7.25. The second-order valence-corrected chi connectivity index (χ2v) is 8.90. The van der Waals surface area contributed by atoms with Crippen molar-refractivity contribution in [2.24, 2.45) is 7.05 Å². The van der Waals surface area contributed by atoms with Crippen LogP contribution in [0.4, 0.5) is 5.69 Å². The fourth-order valence-electron chi connectivity index (χ4n) is 3.37. The second kappa shape index (κ2) is 6.93. The summed E-state index contributed by atoms with van der Waals surface area (Å²) in [6, 6.07) is 7.15. The minimum absolute atomic E-state index is 0.104.